The van der Waals surface area contributed by atoms with Crippen molar-refractivity contribution in [3.05, 3.63) is 41.5 Å². The van der Waals surface area contributed by atoms with Gasteiger partial charge in [-0.1, -0.05) is 6.07 Å². The van der Waals surface area contributed by atoms with Crippen molar-refractivity contribution in [2.75, 3.05) is 47.7 Å². The Morgan fingerprint density at radius 3 is 2.35 bits per heavy atom. The zero-order valence-corrected chi connectivity index (χ0v) is 18.5. The average molecular weight is 423 g/mol. The van der Waals surface area contributed by atoms with Gasteiger partial charge in [-0.3, -0.25) is 9.80 Å². The number of fused-ring (bicyclic) bond motifs is 7. The minimum absolute atomic E-state index is 0.212. The maximum atomic E-state index is 9.38. The van der Waals surface area contributed by atoms with Crippen molar-refractivity contribution in [2.24, 2.45) is 0 Å². The molecule has 6 heteroatoms. The van der Waals surface area contributed by atoms with E-state index in [0.717, 1.165) is 56.4 Å². The maximum Gasteiger partial charge on any atom is 0.161 e. The van der Waals surface area contributed by atoms with Crippen molar-refractivity contribution >= 4 is 21.5 Å². The molecule has 0 aliphatic carbocycles. The molecule has 0 bridgehead atoms. The summed E-state index contributed by atoms with van der Waals surface area (Å²) >= 11 is 0. The Kier molecular flexibility index (Phi) is 5.38. The highest BCUT2D eigenvalue weighted by atomic mass is 16.5. The van der Waals surface area contributed by atoms with Gasteiger partial charge < -0.3 is 19.3 Å². The maximum absolute atomic E-state index is 9.38. The topological polar surface area (TPSA) is 54.4 Å². The molecule has 0 unspecified atom stereocenters. The fourth-order valence-corrected chi connectivity index (χ4v) is 5.36. The summed E-state index contributed by atoms with van der Waals surface area (Å²) in [5.41, 5.74) is 2.81. The number of rotatable bonds is 5. The molecule has 1 N–H and O–H groups in total. The number of methoxy groups -OCH3 is 3. The van der Waals surface area contributed by atoms with Crippen LogP contribution >= 0.6 is 0 Å². The van der Waals surface area contributed by atoms with E-state index in [1.807, 2.05) is 0 Å². The van der Waals surface area contributed by atoms with E-state index in [0.29, 0.717) is 6.04 Å². The van der Waals surface area contributed by atoms with E-state index in [1.165, 1.54) is 32.7 Å². The van der Waals surface area contributed by atoms with Gasteiger partial charge in [0.1, 0.15) is 5.75 Å². The lowest BCUT2D eigenvalue weighted by molar-refractivity contribution is 0.0183. The highest BCUT2D eigenvalue weighted by molar-refractivity contribution is 6.12. The van der Waals surface area contributed by atoms with E-state index >= 15 is 0 Å². The molecule has 2 aliphatic rings. The molecule has 1 fully saturated rings. The summed E-state index contributed by atoms with van der Waals surface area (Å²) in [6.45, 7) is 3.81. The van der Waals surface area contributed by atoms with Crippen molar-refractivity contribution < 1.29 is 19.3 Å². The quantitative estimate of drug-likeness (QED) is 0.636. The lowest BCUT2D eigenvalue weighted by atomic mass is 9.83. The van der Waals surface area contributed by atoms with Crippen LogP contribution in [-0.2, 0) is 13.0 Å². The molecule has 31 heavy (non-hydrogen) atoms. The molecule has 6 nitrogen and oxygen atoms in total. The van der Waals surface area contributed by atoms with Gasteiger partial charge in [-0.25, -0.2) is 0 Å². The molecule has 0 amide bonds. The second-order valence-corrected chi connectivity index (χ2v) is 8.50. The minimum atomic E-state index is 0.212. The lowest BCUT2D eigenvalue weighted by Gasteiger charge is -2.45. The van der Waals surface area contributed by atoms with Crippen LogP contribution in [0.15, 0.2) is 30.3 Å². The van der Waals surface area contributed by atoms with Gasteiger partial charge in [0.25, 0.3) is 0 Å². The van der Waals surface area contributed by atoms with Gasteiger partial charge in [-0.2, -0.15) is 0 Å². The number of hydrogen-bond donors (Lipinski definition) is 1. The smallest absolute Gasteiger partial charge is 0.161 e. The Bertz CT molecular complexity index is 1130. The fourth-order valence-electron chi connectivity index (χ4n) is 5.36. The lowest BCUT2D eigenvalue weighted by Crippen LogP contribution is -2.53. The Morgan fingerprint density at radius 1 is 0.903 bits per heavy atom. The second kappa shape index (κ2) is 8.19. The third-order valence-corrected chi connectivity index (χ3v) is 6.95. The van der Waals surface area contributed by atoms with Gasteiger partial charge in [-0.05, 0) is 69.8 Å². The summed E-state index contributed by atoms with van der Waals surface area (Å²) in [4.78, 5) is 4.92. The van der Waals surface area contributed by atoms with Gasteiger partial charge in [0.2, 0.25) is 0 Å². The van der Waals surface area contributed by atoms with Crippen molar-refractivity contribution in [1.82, 2.24) is 9.80 Å². The molecule has 2 aliphatic heterocycles. The molecule has 1 atom stereocenters. The van der Waals surface area contributed by atoms with Gasteiger partial charge in [-0.15, -0.1) is 0 Å². The fraction of sp³-hybridized carbons (Fsp3) is 0.440. The average Bonchev–Trinajstić information content (AvgIpc) is 2.82. The monoisotopic (exact) mass is 422 g/mol. The largest absolute Gasteiger partial charge is 0.497 e. The second-order valence-electron chi connectivity index (χ2n) is 8.50. The molecule has 3 aromatic rings. The summed E-state index contributed by atoms with van der Waals surface area (Å²) < 4.78 is 16.8. The first kappa shape index (κ1) is 20.4. The highest BCUT2D eigenvalue weighted by Gasteiger charge is 2.33. The van der Waals surface area contributed by atoms with Crippen LogP contribution in [0.5, 0.6) is 17.2 Å². The van der Waals surface area contributed by atoms with E-state index in [9.17, 15) is 5.11 Å². The molecule has 3 aromatic carbocycles. The van der Waals surface area contributed by atoms with Crippen molar-refractivity contribution in [3.8, 4) is 17.2 Å². The first-order valence-electron chi connectivity index (χ1n) is 10.9. The van der Waals surface area contributed by atoms with Gasteiger partial charge in [0.05, 0.1) is 34.6 Å². The van der Waals surface area contributed by atoms with Gasteiger partial charge >= 0.3 is 0 Å². The number of ether oxygens (including phenoxy) is 3. The number of hydrogen-bond acceptors (Lipinski definition) is 6. The Labute approximate surface area is 182 Å². The number of aliphatic hydroxyl groups is 1. The molecule has 5 rings (SSSR count). The predicted octanol–water partition coefficient (Wildman–Crippen LogP) is 3.40. The van der Waals surface area contributed by atoms with Crippen molar-refractivity contribution in [2.45, 2.75) is 25.4 Å². The van der Waals surface area contributed by atoms with E-state index in [2.05, 4.69) is 40.1 Å². The number of aliphatic hydroxyl groups excluding tert-OH is 1. The molecule has 0 saturated carbocycles. The summed E-state index contributed by atoms with van der Waals surface area (Å²) in [6.07, 6.45) is 2.14. The Morgan fingerprint density at radius 2 is 1.65 bits per heavy atom. The zero-order chi connectivity index (χ0) is 21.5. The molecular formula is C25H30N2O4. The van der Waals surface area contributed by atoms with Crippen LogP contribution < -0.4 is 14.2 Å². The Balaban J connectivity index is 1.73. The van der Waals surface area contributed by atoms with Crippen molar-refractivity contribution in [1.29, 1.82) is 0 Å². The summed E-state index contributed by atoms with van der Waals surface area (Å²) in [5.74, 6) is 2.36. The van der Waals surface area contributed by atoms with E-state index < -0.39 is 0 Å². The highest BCUT2D eigenvalue weighted by Crippen LogP contribution is 2.43. The van der Waals surface area contributed by atoms with Crippen LogP contribution in [0.4, 0.5) is 0 Å². The molecular weight excluding hydrogens is 392 g/mol. The zero-order valence-electron chi connectivity index (χ0n) is 18.5. The van der Waals surface area contributed by atoms with Crippen molar-refractivity contribution in [3.63, 3.8) is 0 Å². The van der Waals surface area contributed by atoms with E-state index in [-0.39, 0.29) is 6.61 Å². The Hall–Kier alpha value is -2.54. The first-order valence-corrected chi connectivity index (χ1v) is 10.9. The molecule has 0 spiro atoms. The van der Waals surface area contributed by atoms with Gasteiger partial charge in [0.15, 0.2) is 11.5 Å². The molecule has 1 saturated heterocycles. The van der Waals surface area contributed by atoms with Crippen LogP contribution in [-0.4, -0.2) is 68.6 Å². The summed E-state index contributed by atoms with van der Waals surface area (Å²) in [6, 6.07) is 11.1. The predicted molar refractivity (Wildman–Crippen MR) is 122 cm³/mol. The van der Waals surface area contributed by atoms with Gasteiger partial charge in [0, 0.05) is 25.7 Å². The van der Waals surface area contributed by atoms with E-state index in [1.54, 1.807) is 21.3 Å². The first-order chi connectivity index (χ1) is 15.2. The van der Waals surface area contributed by atoms with Crippen LogP contribution in [0.1, 0.15) is 17.5 Å². The molecule has 2 heterocycles. The number of β-amino-alcohol motifs (C(OH)–C–C–N with tert-alkyl or cyclic N) is 1. The van der Waals surface area contributed by atoms with E-state index in [4.69, 9.17) is 14.2 Å². The van der Waals surface area contributed by atoms with Crippen LogP contribution in [0.2, 0.25) is 0 Å². The van der Waals surface area contributed by atoms with Crippen LogP contribution in [0.3, 0.4) is 0 Å². The molecule has 0 radical (unpaired) electrons. The molecule has 164 valence electrons. The minimum Gasteiger partial charge on any atom is -0.497 e. The standard InChI is InChI=1S/C25H30N2O4/c1-29-17-4-5-18-20(11-17)22-13-25(31-3)24(30-2)12-21(22)19-10-16-6-7-26(8-9-28)15-27(16)14-23(18)19/h4-5,11-13,16,28H,6-10,14-15H2,1-3H3/t16-/m0/s1. The SMILES string of the molecule is COc1ccc2c3c(c4cc(OC)c(OC)cc4c2c1)C[C@@H]1CCN(CCO)CN1C3. The number of nitrogens with zero attached hydrogens (tertiary/aromatic N) is 2. The third kappa shape index (κ3) is 3.39. The van der Waals surface area contributed by atoms with Crippen LogP contribution in [0, 0.1) is 0 Å². The normalized spacial score (nSPS) is 19.3. The third-order valence-electron chi connectivity index (χ3n) is 6.95. The summed E-state index contributed by atoms with van der Waals surface area (Å²) in [5, 5.41) is 14.2. The molecule has 0 aromatic heterocycles. The number of benzene rings is 3. The van der Waals surface area contributed by atoms with Crippen LogP contribution in [0.25, 0.3) is 21.5 Å². The summed E-state index contributed by atoms with van der Waals surface area (Å²) in [7, 11) is 5.08.